The average Bonchev–Trinajstić information content (AvgIpc) is 2.58. The molecule has 32 heavy (non-hydrogen) atoms. The van der Waals surface area contributed by atoms with Gasteiger partial charge in [-0.3, -0.25) is 0 Å². The van der Waals surface area contributed by atoms with Crippen molar-refractivity contribution in [3.63, 3.8) is 0 Å². The molecule has 0 heterocycles. The minimum absolute atomic E-state index is 0.176. The zero-order valence-electron chi connectivity index (χ0n) is 21.7. The Kier molecular flexibility index (Phi) is 9.39. The molecule has 4 bridgehead atoms. The molecule has 0 unspecified atom stereocenters. The van der Waals surface area contributed by atoms with E-state index < -0.39 is 11.2 Å². The van der Waals surface area contributed by atoms with Crippen LogP contribution in [0.3, 0.4) is 0 Å². The summed E-state index contributed by atoms with van der Waals surface area (Å²) in [5, 5.41) is 17.0. The van der Waals surface area contributed by atoms with Crippen LogP contribution >= 0.6 is 0 Å². The van der Waals surface area contributed by atoms with Crippen LogP contribution in [0.2, 0.25) is 0 Å². The number of rotatable bonds is 3. The molecule has 2 N–H and O–H groups in total. The van der Waals surface area contributed by atoms with Crippen LogP contribution in [0.5, 0.6) is 0 Å². The monoisotopic (exact) mass is 527 g/mol. The fourth-order valence-electron chi connectivity index (χ4n) is 5.38. The second-order valence-electron chi connectivity index (χ2n) is 12.9. The molecule has 1 aromatic rings. The molecule has 0 aliphatic heterocycles. The topological polar surface area (TPSA) is 52.8 Å². The molecular weight excluding hydrogens is 478 g/mol. The van der Waals surface area contributed by atoms with Gasteiger partial charge >= 0.3 is 143 Å². The van der Waals surface area contributed by atoms with Gasteiger partial charge in [0.15, 0.2) is 0 Å². The predicted molar refractivity (Wildman–Crippen MR) is 133 cm³/mol. The van der Waals surface area contributed by atoms with Crippen LogP contribution in [0.15, 0.2) is 33.8 Å². The summed E-state index contributed by atoms with van der Waals surface area (Å²) in [6.45, 7) is 15.2. The molecule has 0 amide bonds. The van der Waals surface area contributed by atoms with Crippen LogP contribution in [-0.2, 0) is 23.3 Å². The van der Waals surface area contributed by atoms with Gasteiger partial charge in [0.05, 0.1) is 11.2 Å². The quantitative estimate of drug-likeness (QED) is 0.440. The Labute approximate surface area is 205 Å². The van der Waals surface area contributed by atoms with Gasteiger partial charge in [0.2, 0.25) is 0 Å². The number of hydrogen-bond acceptors (Lipinski definition) is 3. The van der Waals surface area contributed by atoms with Crippen LogP contribution < -0.4 is 0 Å². The van der Waals surface area contributed by atoms with E-state index in [1.54, 1.807) is 41.5 Å². The zero-order valence-corrected chi connectivity index (χ0v) is 23.7. The van der Waals surface area contributed by atoms with Gasteiger partial charge < -0.3 is 10.2 Å². The van der Waals surface area contributed by atoms with E-state index in [0.717, 1.165) is 17.8 Å². The van der Waals surface area contributed by atoms with E-state index in [4.69, 9.17) is 13.7 Å². The van der Waals surface area contributed by atoms with E-state index in [9.17, 15) is 0 Å². The van der Waals surface area contributed by atoms with Crippen molar-refractivity contribution in [1.82, 2.24) is 0 Å². The van der Waals surface area contributed by atoms with Crippen molar-refractivity contribution < 1.29 is 28.1 Å². The van der Waals surface area contributed by atoms with Crippen LogP contribution in [0, 0.1) is 17.8 Å². The van der Waals surface area contributed by atoms with Crippen LogP contribution in [0.25, 0.3) is 0 Å². The molecule has 0 radical (unpaired) electrons. The molecule has 1 aromatic carbocycles. The SMILES string of the molecule is CC(C)(C)O.CC(C)(C)O.CC(C)([CH]=[Mo]=[N]C12CC3CC(CC(C3)C1)C2)c1ccccc1. The number of nitrogens with zero attached hydrogens (tertiary/aromatic N) is 1. The van der Waals surface area contributed by atoms with Gasteiger partial charge in [0, 0.05) is 0 Å². The summed E-state index contributed by atoms with van der Waals surface area (Å²) in [4.78, 5) is 0. The molecule has 4 aliphatic carbocycles. The van der Waals surface area contributed by atoms with Gasteiger partial charge in [-0.15, -0.1) is 0 Å². The summed E-state index contributed by atoms with van der Waals surface area (Å²) in [6.07, 6.45) is 8.83. The van der Waals surface area contributed by atoms with E-state index in [1.807, 2.05) is 0 Å². The first-order chi connectivity index (χ1) is 14.5. The third-order valence-electron chi connectivity index (χ3n) is 6.12. The fourth-order valence-corrected chi connectivity index (χ4v) is 7.59. The molecule has 4 aliphatic rings. The van der Waals surface area contributed by atoms with E-state index in [1.165, 1.54) is 44.1 Å². The van der Waals surface area contributed by atoms with Gasteiger partial charge in [-0.2, -0.15) is 0 Å². The third kappa shape index (κ3) is 10.2. The normalized spacial score (nSPS) is 28.6. The number of benzene rings is 1. The Bertz CT molecular complexity index is 721. The molecule has 3 nitrogen and oxygen atoms in total. The summed E-state index contributed by atoms with van der Waals surface area (Å²) < 4.78 is 7.96. The van der Waals surface area contributed by atoms with Crippen molar-refractivity contribution in [1.29, 1.82) is 0 Å². The first kappa shape index (κ1) is 27.7. The first-order valence-electron chi connectivity index (χ1n) is 12.3. The molecular formula is C28H47MoNO2. The van der Waals surface area contributed by atoms with Crippen molar-refractivity contribution >= 4 is 4.40 Å². The predicted octanol–water partition coefficient (Wildman–Crippen LogP) is 6.56. The van der Waals surface area contributed by atoms with E-state index in [-0.39, 0.29) is 23.3 Å². The molecule has 4 fully saturated rings. The van der Waals surface area contributed by atoms with E-state index >= 15 is 0 Å². The maximum atomic E-state index is 8.52. The van der Waals surface area contributed by atoms with Gasteiger partial charge in [-0.25, -0.2) is 0 Å². The minimum atomic E-state index is -0.500. The molecule has 0 aromatic heterocycles. The van der Waals surface area contributed by atoms with Gasteiger partial charge in [-0.05, 0) is 41.5 Å². The van der Waals surface area contributed by atoms with E-state index in [0.29, 0.717) is 5.54 Å². The molecule has 4 saturated carbocycles. The standard InChI is InChI=1S/C10H15N.C10H12.2C4H10O.Mo/c11-10-4-7-1-8(5-10)3-9(2-7)6-10;1-10(2,3)9-7-5-4-6-8-9;2*1-4(2,3)5;/h7-9H,1-6H2;1,4-8H,2-3H3;2*5H,1-3H3;. The fraction of sp³-hybridized carbons (Fsp3) is 0.750. The molecule has 5 rings (SSSR count). The summed E-state index contributed by atoms with van der Waals surface area (Å²) in [5.74, 6) is 3.05. The first-order valence-corrected chi connectivity index (χ1v) is 14.3. The average molecular weight is 526 g/mol. The van der Waals surface area contributed by atoms with Crippen molar-refractivity contribution in [2.45, 2.75) is 116 Å². The molecule has 0 spiro atoms. The molecule has 182 valence electrons. The second kappa shape index (κ2) is 10.8. The van der Waals surface area contributed by atoms with Crippen molar-refractivity contribution in [3.05, 3.63) is 35.9 Å². The molecule has 0 atom stereocenters. The number of hydrogen-bond donors (Lipinski definition) is 2. The van der Waals surface area contributed by atoms with Crippen molar-refractivity contribution in [3.8, 4) is 0 Å². The zero-order chi connectivity index (χ0) is 24.2. The Morgan fingerprint density at radius 1 is 0.781 bits per heavy atom. The van der Waals surface area contributed by atoms with Gasteiger partial charge in [0.1, 0.15) is 0 Å². The summed E-state index contributed by atoms with van der Waals surface area (Å²) >= 11 is -0.353. The van der Waals surface area contributed by atoms with E-state index in [2.05, 4.69) is 48.6 Å². The molecule has 4 heteroatoms. The van der Waals surface area contributed by atoms with Crippen molar-refractivity contribution in [2.24, 2.45) is 21.2 Å². The molecule has 0 saturated heterocycles. The summed E-state index contributed by atoms with van der Waals surface area (Å²) in [6, 6.07) is 10.9. The second-order valence-corrected chi connectivity index (χ2v) is 14.4. The summed E-state index contributed by atoms with van der Waals surface area (Å²) in [5.41, 5.74) is 1.02. The Morgan fingerprint density at radius 2 is 1.16 bits per heavy atom. The third-order valence-corrected chi connectivity index (χ3v) is 9.04. The van der Waals surface area contributed by atoms with Crippen LogP contribution in [0.4, 0.5) is 0 Å². The van der Waals surface area contributed by atoms with Crippen molar-refractivity contribution in [2.75, 3.05) is 0 Å². The summed E-state index contributed by atoms with van der Waals surface area (Å²) in [7, 11) is 0. The van der Waals surface area contributed by atoms with Crippen LogP contribution in [-0.4, -0.2) is 31.4 Å². The van der Waals surface area contributed by atoms with Gasteiger partial charge in [0.25, 0.3) is 0 Å². The Morgan fingerprint density at radius 3 is 1.53 bits per heavy atom. The van der Waals surface area contributed by atoms with Gasteiger partial charge in [-0.1, -0.05) is 0 Å². The van der Waals surface area contributed by atoms with Crippen LogP contribution in [0.1, 0.15) is 99.5 Å². The maximum absolute atomic E-state index is 8.52. The number of aliphatic hydroxyl groups is 2. The Hall–Kier alpha value is -0.502. The Balaban J connectivity index is 0.000000308.